The summed E-state index contributed by atoms with van der Waals surface area (Å²) < 4.78 is 5.05. The molecule has 0 bridgehead atoms. The second kappa shape index (κ2) is 8.45. The van der Waals surface area contributed by atoms with E-state index < -0.39 is 11.7 Å². The zero-order valence-electron chi connectivity index (χ0n) is 15.1. The predicted octanol–water partition coefficient (Wildman–Crippen LogP) is 2.55. The summed E-state index contributed by atoms with van der Waals surface area (Å²) in [6, 6.07) is 8.13. The molecular formula is C20H26N2O4. The van der Waals surface area contributed by atoms with Gasteiger partial charge in [0.15, 0.2) is 0 Å². The van der Waals surface area contributed by atoms with Crippen LogP contribution < -0.4 is 10.9 Å². The van der Waals surface area contributed by atoms with Crippen molar-refractivity contribution in [3.8, 4) is 0 Å². The molecule has 2 aliphatic rings. The number of ketones is 1. The van der Waals surface area contributed by atoms with Crippen molar-refractivity contribution in [3.63, 3.8) is 0 Å². The number of rotatable bonds is 5. The summed E-state index contributed by atoms with van der Waals surface area (Å²) in [4.78, 5) is 34.4. The zero-order chi connectivity index (χ0) is 18.5. The molecule has 0 aromatic heterocycles. The first kappa shape index (κ1) is 18.6. The van der Waals surface area contributed by atoms with Gasteiger partial charge in [-0.1, -0.05) is 24.3 Å². The normalized spacial score (nSPS) is 26.3. The summed E-state index contributed by atoms with van der Waals surface area (Å²) in [5.41, 5.74) is 7.59. The van der Waals surface area contributed by atoms with E-state index in [9.17, 15) is 14.4 Å². The minimum absolute atomic E-state index is 0.0816. The van der Waals surface area contributed by atoms with Gasteiger partial charge in [0.05, 0.1) is 12.6 Å². The van der Waals surface area contributed by atoms with Crippen LogP contribution in [0.3, 0.4) is 0 Å². The topological polar surface area (TPSA) is 84.5 Å². The number of benzene rings is 1. The Hall–Kier alpha value is -2.21. The molecule has 6 nitrogen and oxygen atoms in total. The Morgan fingerprint density at radius 1 is 1.08 bits per heavy atom. The van der Waals surface area contributed by atoms with E-state index in [1.54, 1.807) is 0 Å². The lowest BCUT2D eigenvalue weighted by Crippen LogP contribution is -2.49. The van der Waals surface area contributed by atoms with Gasteiger partial charge >= 0.3 is 11.9 Å². The summed E-state index contributed by atoms with van der Waals surface area (Å²) >= 11 is 0. The first-order valence-electron chi connectivity index (χ1n) is 9.41. The molecule has 1 aromatic carbocycles. The average molecular weight is 358 g/mol. The minimum Gasteiger partial charge on any atom is -0.466 e. The number of nitrogens with one attached hydrogen (secondary N) is 2. The molecule has 1 aromatic rings. The molecule has 140 valence electrons. The van der Waals surface area contributed by atoms with Gasteiger partial charge in [0.1, 0.15) is 0 Å². The third kappa shape index (κ3) is 4.49. The lowest BCUT2D eigenvalue weighted by molar-refractivity contribution is -0.144. The van der Waals surface area contributed by atoms with E-state index in [1.807, 2.05) is 19.1 Å². The molecule has 1 heterocycles. The fourth-order valence-electron chi connectivity index (χ4n) is 3.91. The summed E-state index contributed by atoms with van der Waals surface area (Å²) in [6.45, 7) is 2.29. The molecule has 1 atom stereocenters. The van der Waals surface area contributed by atoms with E-state index in [0.29, 0.717) is 24.9 Å². The highest BCUT2D eigenvalue weighted by Crippen LogP contribution is 2.37. The van der Waals surface area contributed by atoms with E-state index in [-0.39, 0.29) is 18.4 Å². The number of ether oxygens (including phenoxy) is 1. The molecule has 1 aliphatic heterocycles. The Balaban J connectivity index is 1.53. The van der Waals surface area contributed by atoms with Gasteiger partial charge in [0.25, 0.3) is 0 Å². The Kier molecular flexibility index (Phi) is 6.04. The molecular weight excluding hydrogens is 332 g/mol. The van der Waals surface area contributed by atoms with Gasteiger partial charge in [0.2, 0.25) is 5.78 Å². The molecule has 0 spiro atoms. The van der Waals surface area contributed by atoms with Crippen molar-refractivity contribution >= 4 is 17.7 Å². The quantitative estimate of drug-likeness (QED) is 0.624. The Labute approximate surface area is 153 Å². The van der Waals surface area contributed by atoms with Crippen molar-refractivity contribution in [1.82, 2.24) is 10.9 Å². The number of esters is 1. The molecule has 1 saturated heterocycles. The fourth-order valence-corrected chi connectivity index (χ4v) is 3.91. The van der Waals surface area contributed by atoms with E-state index in [1.165, 1.54) is 5.56 Å². The molecule has 1 unspecified atom stereocenters. The van der Waals surface area contributed by atoms with Crippen LogP contribution in [0.4, 0.5) is 0 Å². The molecule has 3 rings (SSSR count). The second-order valence-corrected chi connectivity index (χ2v) is 7.17. The lowest BCUT2D eigenvalue weighted by Gasteiger charge is -2.29. The van der Waals surface area contributed by atoms with Crippen molar-refractivity contribution in [2.75, 3.05) is 6.61 Å². The van der Waals surface area contributed by atoms with Crippen molar-refractivity contribution < 1.29 is 19.1 Å². The third-order valence-electron chi connectivity index (χ3n) is 5.42. The molecule has 1 saturated carbocycles. The fraction of sp³-hybridized carbons (Fsp3) is 0.550. The van der Waals surface area contributed by atoms with E-state index >= 15 is 0 Å². The first-order valence-corrected chi connectivity index (χ1v) is 9.41. The van der Waals surface area contributed by atoms with Crippen LogP contribution >= 0.6 is 0 Å². The number of carbonyl (C=O) groups is 3. The Morgan fingerprint density at radius 2 is 1.73 bits per heavy atom. The predicted molar refractivity (Wildman–Crippen MR) is 96.0 cm³/mol. The summed E-state index contributed by atoms with van der Waals surface area (Å²) in [5, 5.41) is 0. The SMILES string of the molecule is CCOC(=O)CC1CCC(c2ccc(C3CC(=O)C(=O)NN3)cc2)CC1. The van der Waals surface area contributed by atoms with Gasteiger partial charge in [-0.05, 0) is 55.6 Å². The Bertz CT molecular complexity index is 663. The van der Waals surface area contributed by atoms with Crippen LogP contribution in [0.5, 0.6) is 0 Å². The number of hydrogen-bond acceptors (Lipinski definition) is 5. The van der Waals surface area contributed by atoms with Gasteiger partial charge in [0, 0.05) is 12.8 Å². The van der Waals surface area contributed by atoms with Crippen molar-refractivity contribution in [2.45, 2.75) is 57.4 Å². The van der Waals surface area contributed by atoms with Crippen LogP contribution in [0.2, 0.25) is 0 Å². The standard InChI is InChI=1S/C20H26N2O4/c1-2-26-19(24)11-13-3-5-14(6-4-13)15-7-9-16(10-8-15)17-12-18(23)20(25)22-21-17/h7-10,13-14,17,21H,2-6,11-12H2,1H3,(H,22,25). The van der Waals surface area contributed by atoms with Crippen molar-refractivity contribution in [1.29, 1.82) is 0 Å². The second-order valence-electron chi connectivity index (χ2n) is 7.17. The van der Waals surface area contributed by atoms with Crippen molar-refractivity contribution in [2.24, 2.45) is 5.92 Å². The van der Waals surface area contributed by atoms with Crippen LogP contribution in [0.25, 0.3) is 0 Å². The number of hydrazine groups is 1. The summed E-state index contributed by atoms with van der Waals surface area (Å²) in [6.07, 6.45) is 4.99. The van der Waals surface area contributed by atoms with Crippen LogP contribution in [0, 0.1) is 5.92 Å². The molecule has 1 aliphatic carbocycles. The van der Waals surface area contributed by atoms with Gasteiger partial charge in [-0.2, -0.15) is 0 Å². The van der Waals surface area contributed by atoms with E-state index in [2.05, 4.69) is 23.0 Å². The van der Waals surface area contributed by atoms with Gasteiger partial charge in [-0.25, -0.2) is 5.43 Å². The van der Waals surface area contributed by atoms with Crippen LogP contribution in [0.15, 0.2) is 24.3 Å². The summed E-state index contributed by atoms with van der Waals surface area (Å²) in [7, 11) is 0. The van der Waals surface area contributed by atoms with E-state index in [4.69, 9.17) is 4.74 Å². The maximum absolute atomic E-state index is 11.6. The maximum Gasteiger partial charge on any atom is 0.306 e. The average Bonchev–Trinajstić information content (AvgIpc) is 2.65. The number of hydrogen-bond donors (Lipinski definition) is 2. The molecule has 1 amide bonds. The highest BCUT2D eigenvalue weighted by atomic mass is 16.5. The number of Topliss-reactive ketones (excluding diaryl/α,β-unsaturated/α-hetero) is 1. The monoisotopic (exact) mass is 358 g/mol. The van der Waals surface area contributed by atoms with Gasteiger partial charge in [-0.3, -0.25) is 19.8 Å². The summed E-state index contributed by atoms with van der Waals surface area (Å²) in [5.74, 6) is -0.0918. The largest absolute Gasteiger partial charge is 0.466 e. The van der Waals surface area contributed by atoms with E-state index in [0.717, 1.165) is 31.2 Å². The molecule has 26 heavy (non-hydrogen) atoms. The third-order valence-corrected chi connectivity index (χ3v) is 5.42. The molecule has 2 fully saturated rings. The van der Waals surface area contributed by atoms with Crippen LogP contribution in [0.1, 0.15) is 68.5 Å². The van der Waals surface area contributed by atoms with Crippen LogP contribution in [-0.4, -0.2) is 24.3 Å². The minimum atomic E-state index is -0.572. The number of carbonyl (C=O) groups excluding carboxylic acids is 3. The zero-order valence-corrected chi connectivity index (χ0v) is 15.1. The molecule has 6 heteroatoms. The highest BCUT2D eigenvalue weighted by Gasteiger charge is 2.27. The highest BCUT2D eigenvalue weighted by molar-refractivity contribution is 6.36. The molecule has 0 radical (unpaired) electrons. The van der Waals surface area contributed by atoms with Crippen LogP contribution in [-0.2, 0) is 19.1 Å². The van der Waals surface area contributed by atoms with Gasteiger partial charge in [-0.15, -0.1) is 0 Å². The van der Waals surface area contributed by atoms with Gasteiger partial charge < -0.3 is 4.74 Å². The Morgan fingerprint density at radius 3 is 2.35 bits per heavy atom. The number of amides is 1. The first-order chi connectivity index (χ1) is 12.6. The maximum atomic E-state index is 11.6. The van der Waals surface area contributed by atoms with Crippen molar-refractivity contribution in [3.05, 3.63) is 35.4 Å². The smallest absolute Gasteiger partial charge is 0.306 e. The lowest BCUT2D eigenvalue weighted by atomic mass is 9.77. The molecule has 2 N–H and O–H groups in total.